The zero-order valence-corrected chi connectivity index (χ0v) is 28.6. The highest BCUT2D eigenvalue weighted by molar-refractivity contribution is 6.72. The van der Waals surface area contributed by atoms with Crippen molar-refractivity contribution < 1.29 is 26.9 Å². The molecule has 0 spiro atoms. The van der Waals surface area contributed by atoms with Gasteiger partial charge >= 0.3 is 5.97 Å². The fraction of sp³-hybridized carbons (Fsp3) is 0.952. The fourth-order valence-corrected chi connectivity index (χ4v) is 7.66. The Labute approximate surface area is 203 Å². The van der Waals surface area contributed by atoms with E-state index in [1.54, 1.807) is 0 Å². The van der Waals surface area contributed by atoms with Gasteiger partial charge in [0.25, 0.3) is 0 Å². The zero-order valence-electron chi connectivity index (χ0n) is 23.6. The van der Waals surface area contributed by atoms with Crippen molar-refractivity contribution in [1.82, 2.24) is 0 Å². The van der Waals surface area contributed by atoms with Crippen LogP contribution in [-0.2, 0) is 26.9 Å². The van der Waals surface area contributed by atoms with Crippen LogP contribution in [0, 0.1) is 0 Å². The molecule has 0 saturated heterocycles. The predicted molar refractivity (Wildman–Crippen MR) is 148 cm³/mol. The van der Waals surface area contributed by atoms with Gasteiger partial charge in [-0.2, -0.15) is 0 Å². The number of carbonyl (C=O) groups is 1. The number of hydrogen-bond acceptors (Lipinski definition) is 6. The molecule has 3 atom stereocenters. The molecule has 0 fully saturated rings. The molecule has 6 nitrogen and oxygen atoms in total. The summed E-state index contributed by atoms with van der Waals surface area (Å²) < 4.78 is 31.8. The first-order chi connectivity index (χ1) is 13.9. The normalized spacial score (nSPS) is 17.1. The third-order valence-electron chi connectivity index (χ3n) is 3.72. The van der Waals surface area contributed by atoms with E-state index >= 15 is 0 Å². The monoisotopic (exact) mass is 540 g/mol. The van der Waals surface area contributed by atoms with E-state index in [1.807, 2.05) is 19.6 Å². The van der Waals surface area contributed by atoms with Crippen molar-refractivity contribution in [3.05, 3.63) is 0 Å². The Morgan fingerprint density at radius 3 is 1.31 bits per heavy atom. The Kier molecular flexibility index (Phi) is 12.0. The Bertz CT molecular complexity index is 582. The Morgan fingerprint density at radius 1 is 0.562 bits per heavy atom. The summed E-state index contributed by atoms with van der Waals surface area (Å²) in [5.74, 6) is -0.270. The number of rotatable bonds is 14. The average molecular weight is 541 g/mol. The Hall–Kier alpha value is 0.394. The molecule has 0 aromatic heterocycles. The van der Waals surface area contributed by atoms with Crippen LogP contribution in [0.1, 0.15) is 6.42 Å². The second-order valence-corrected chi connectivity index (χ2v) is 35.8. The molecular weight excluding hydrogens is 489 g/mol. The van der Waals surface area contributed by atoms with Crippen LogP contribution in [0.4, 0.5) is 0 Å². The molecule has 0 saturated carbocycles. The van der Waals surface area contributed by atoms with Gasteiger partial charge in [0.2, 0.25) is 8.32 Å². The molecule has 192 valence electrons. The molecule has 0 radical (unpaired) electrons. The van der Waals surface area contributed by atoms with E-state index in [-0.39, 0.29) is 18.2 Å². The smallest absolute Gasteiger partial charge is 0.320 e. The van der Waals surface area contributed by atoms with Gasteiger partial charge in [-0.1, -0.05) is 0 Å². The van der Waals surface area contributed by atoms with Gasteiger partial charge in [0.05, 0.1) is 18.8 Å². The van der Waals surface area contributed by atoms with Crippen molar-refractivity contribution in [1.29, 1.82) is 0 Å². The molecule has 0 aromatic carbocycles. The van der Waals surface area contributed by atoms with Gasteiger partial charge in [-0.3, -0.25) is 4.79 Å². The van der Waals surface area contributed by atoms with Gasteiger partial charge in [-0.25, -0.2) is 0 Å². The second kappa shape index (κ2) is 11.9. The van der Waals surface area contributed by atoms with Crippen LogP contribution in [0.5, 0.6) is 0 Å². The van der Waals surface area contributed by atoms with Crippen LogP contribution in [0.15, 0.2) is 0 Å². The maximum absolute atomic E-state index is 13.2. The molecule has 0 N–H and O–H groups in total. The van der Waals surface area contributed by atoms with E-state index in [4.69, 9.17) is 22.1 Å². The summed E-state index contributed by atoms with van der Waals surface area (Å²) in [6.45, 7) is 32.4. The topological polar surface area (TPSA) is 63.2 Å². The minimum atomic E-state index is -2.05. The van der Waals surface area contributed by atoms with Crippen LogP contribution in [-0.4, -0.2) is 72.5 Å². The van der Waals surface area contributed by atoms with E-state index in [2.05, 4.69) is 78.6 Å². The summed E-state index contributed by atoms with van der Waals surface area (Å²) in [6, 6.07) is 0. The van der Waals surface area contributed by atoms with E-state index in [0.717, 1.165) is 0 Å². The van der Waals surface area contributed by atoms with Crippen molar-refractivity contribution in [3.63, 3.8) is 0 Å². The number of carbonyl (C=O) groups excluding carboxylic acids is 1. The van der Waals surface area contributed by atoms with Crippen molar-refractivity contribution in [2.45, 2.75) is 123 Å². The SMILES string of the molecule is C[Si](C)(C)OC[C@@H](O[Si](C)(C)C)[C@@H](C[C@H](O[Si](C)(C)C)C(=O)O[Si](C)(C)C)O[Si](C)(C)C. The lowest BCUT2D eigenvalue weighted by Crippen LogP contribution is -2.51. The third kappa shape index (κ3) is 17.8. The maximum Gasteiger partial charge on any atom is 0.320 e. The molecule has 0 aliphatic rings. The van der Waals surface area contributed by atoms with E-state index in [9.17, 15) is 4.79 Å². The summed E-state index contributed by atoms with van der Waals surface area (Å²) in [6.07, 6.45) is -0.774. The van der Waals surface area contributed by atoms with Crippen molar-refractivity contribution in [3.8, 4) is 0 Å². The van der Waals surface area contributed by atoms with Crippen LogP contribution >= 0.6 is 0 Å². The highest BCUT2D eigenvalue weighted by Gasteiger charge is 2.39. The molecule has 0 unspecified atom stereocenters. The first kappa shape index (κ1) is 32.4. The standard InChI is InChI=1S/C21H52O6Si5/c1-28(2,3)23-17-20(26-31(10,11)12)18(24-29(4,5)6)16-19(25-30(7,8)9)21(22)27-32(13,14)15/h18-20H,16-17H2,1-15H3/t18-,19+,20-/m1/s1. The molecule has 0 heterocycles. The molecule has 0 aliphatic carbocycles. The van der Waals surface area contributed by atoms with Gasteiger partial charge in [-0.05, 0) is 98.2 Å². The maximum atomic E-state index is 13.2. The lowest BCUT2D eigenvalue weighted by Gasteiger charge is -2.39. The van der Waals surface area contributed by atoms with Gasteiger partial charge in [0, 0.05) is 6.42 Å². The molecule has 32 heavy (non-hydrogen) atoms. The Balaban J connectivity index is 6.07. The number of hydrogen-bond donors (Lipinski definition) is 0. The minimum absolute atomic E-state index is 0.243. The lowest BCUT2D eigenvalue weighted by atomic mass is 10.1. The van der Waals surface area contributed by atoms with Crippen molar-refractivity contribution in [2.75, 3.05) is 6.61 Å². The van der Waals surface area contributed by atoms with Crippen molar-refractivity contribution in [2.24, 2.45) is 0 Å². The quantitative estimate of drug-likeness (QED) is 0.242. The summed E-state index contributed by atoms with van der Waals surface area (Å²) >= 11 is 0. The van der Waals surface area contributed by atoms with Crippen LogP contribution in [0.25, 0.3) is 0 Å². The summed E-state index contributed by atoms with van der Waals surface area (Å²) in [5.41, 5.74) is 0. The molecule has 0 bridgehead atoms. The van der Waals surface area contributed by atoms with Gasteiger partial charge < -0.3 is 22.1 Å². The third-order valence-corrected chi connectivity index (χ3v) is 8.57. The molecule has 11 heteroatoms. The molecular formula is C21H52O6Si5. The summed E-state index contributed by atoms with van der Waals surface area (Å²) in [5, 5.41) is 0. The molecule has 0 amide bonds. The van der Waals surface area contributed by atoms with Crippen LogP contribution < -0.4 is 0 Å². The largest absolute Gasteiger partial charge is 0.518 e. The van der Waals surface area contributed by atoms with Gasteiger partial charge in [0.1, 0.15) is 6.10 Å². The first-order valence-corrected chi connectivity index (χ1v) is 28.8. The highest BCUT2D eigenvalue weighted by atomic mass is 28.4. The fourth-order valence-electron chi connectivity index (χ4n) is 2.93. The van der Waals surface area contributed by atoms with Crippen LogP contribution in [0.2, 0.25) is 98.2 Å². The highest BCUT2D eigenvalue weighted by Crippen LogP contribution is 2.25. The molecule has 0 rings (SSSR count). The molecule has 0 aliphatic heterocycles. The van der Waals surface area contributed by atoms with E-state index in [0.29, 0.717) is 13.0 Å². The zero-order chi connectivity index (χ0) is 25.8. The average Bonchev–Trinajstić information content (AvgIpc) is 2.43. The summed E-state index contributed by atoms with van der Waals surface area (Å²) in [4.78, 5) is 13.2. The van der Waals surface area contributed by atoms with E-state index < -0.39 is 47.7 Å². The Morgan fingerprint density at radius 2 is 0.969 bits per heavy atom. The van der Waals surface area contributed by atoms with Gasteiger partial charge in [0.15, 0.2) is 33.3 Å². The lowest BCUT2D eigenvalue weighted by molar-refractivity contribution is -0.145. The summed E-state index contributed by atoms with van der Waals surface area (Å²) in [7, 11) is -9.63. The second-order valence-electron chi connectivity index (χ2n) is 13.4. The molecule has 0 aromatic rings. The van der Waals surface area contributed by atoms with Crippen LogP contribution in [0.3, 0.4) is 0 Å². The van der Waals surface area contributed by atoms with Gasteiger partial charge in [-0.15, -0.1) is 0 Å². The van der Waals surface area contributed by atoms with Crippen molar-refractivity contribution >= 4 is 47.6 Å². The first-order valence-electron chi connectivity index (χ1n) is 11.8. The predicted octanol–water partition coefficient (Wildman–Crippen LogP) is 6.27. The minimum Gasteiger partial charge on any atom is -0.518 e. The van der Waals surface area contributed by atoms with E-state index in [1.165, 1.54) is 0 Å².